The number of aryl methyl sites for hydroxylation is 2. The van der Waals surface area contributed by atoms with E-state index in [1.54, 1.807) is 18.5 Å². The maximum absolute atomic E-state index is 11.9. The first kappa shape index (κ1) is 13.6. The van der Waals surface area contributed by atoms with Crippen LogP contribution in [0.4, 0.5) is 0 Å². The summed E-state index contributed by atoms with van der Waals surface area (Å²) in [4.78, 5) is 12.1. The van der Waals surface area contributed by atoms with Crippen molar-refractivity contribution in [2.24, 2.45) is 18.2 Å². The molecule has 0 aliphatic heterocycles. The maximum atomic E-state index is 11.9. The predicted molar refractivity (Wildman–Crippen MR) is 70.4 cm³/mol. The quantitative estimate of drug-likeness (QED) is 0.774. The van der Waals surface area contributed by atoms with E-state index in [0.29, 0.717) is 6.54 Å². The van der Waals surface area contributed by atoms with Gasteiger partial charge in [0.15, 0.2) is 0 Å². The van der Waals surface area contributed by atoms with Crippen molar-refractivity contribution in [2.45, 2.75) is 27.3 Å². The van der Waals surface area contributed by atoms with Gasteiger partial charge in [-0.25, -0.2) is 0 Å². The number of carbonyl (C=O) groups excluding carboxylic acids is 1. The summed E-state index contributed by atoms with van der Waals surface area (Å²) in [7, 11) is 1.84. The van der Waals surface area contributed by atoms with E-state index in [4.69, 9.17) is 18.0 Å². The lowest BCUT2D eigenvalue weighted by atomic mass is 9.92. The molecule has 5 nitrogen and oxygen atoms in total. The van der Waals surface area contributed by atoms with Crippen LogP contribution in [0.1, 0.15) is 25.1 Å². The lowest BCUT2D eigenvalue weighted by molar-refractivity contribution is -0.126. The second-order valence-corrected chi connectivity index (χ2v) is 5.03. The van der Waals surface area contributed by atoms with Crippen molar-refractivity contribution in [2.75, 3.05) is 0 Å². The molecule has 94 valence electrons. The Balaban J connectivity index is 2.66. The Hall–Kier alpha value is -1.43. The van der Waals surface area contributed by atoms with Gasteiger partial charge in [-0.2, -0.15) is 5.10 Å². The standard InChI is InChI=1S/C11H18N4OS/c1-7-8(6-15(4)14-7)5-13-10(16)11(2,3)9(12)17/h6H,5H2,1-4H3,(H2,12,17)(H,13,16). The SMILES string of the molecule is Cc1nn(C)cc1CNC(=O)C(C)(C)C(N)=S. The second kappa shape index (κ2) is 4.83. The zero-order valence-corrected chi connectivity index (χ0v) is 11.4. The molecular formula is C11H18N4OS. The molecule has 0 fully saturated rings. The van der Waals surface area contributed by atoms with Gasteiger partial charge in [0.05, 0.1) is 16.1 Å². The minimum Gasteiger partial charge on any atom is -0.392 e. The van der Waals surface area contributed by atoms with E-state index in [1.165, 1.54) is 0 Å². The molecule has 0 unspecified atom stereocenters. The fourth-order valence-electron chi connectivity index (χ4n) is 1.33. The zero-order valence-electron chi connectivity index (χ0n) is 10.6. The van der Waals surface area contributed by atoms with Gasteiger partial charge in [-0.15, -0.1) is 0 Å². The lowest BCUT2D eigenvalue weighted by Gasteiger charge is -2.21. The number of thiocarbonyl (C=S) groups is 1. The van der Waals surface area contributed by atoms with Crippen LogP contribution in [0.5, 0.6) is 0 Å². The first-order valence-corrected chi connectivity index (χ1v) is 5.73. The predicted octanol–water partition coefficient (Wildman–Crippen LogP) is 0.657. The van der Waals surface area contributed by atoms with E-state index >= 15 is 0 Å². The summed E-state index contributed by atoms with van der Waals surface area (Å²) in [6, 6.07) is 0. The highest BCUT2D eigenvalue weighted by Crippen LogP contribution is 2.16. The number of carbonyl (C=O) groups is 1. The van der Waals surface area contributed by atoms with Crippen LogP contribution in [0.15, 0.2) is 6.20 Å². The summed E-state index contributed by atoms with van der Waals surface area (Å²) in [5.41, 5.74) is 6.59. The van der Waals surface area contributed by atoms with E-state index in [-0.39, 0.29) is 10.9 Å². The number of nitrogens with two attached hydrogens (primary N) is 1. The Morgan fingerprint density at radius 1 is 1.65 bits per heavy atom. The van der Waals surface area contributed by atoms with E-state index in [0.717, 1.165) is 11.3 Å². The first-order chi connectivity index (χ1) is 7.75. The third-order valence-electron chi connectivity index (χ3n) is 2.74. The molecule has 0 aromatic carbocycles. The molecular weight excluding hydrogens is 236 g/mol. The number of aromatic nitrogens is 2. The van der Waals surface area contributed by atoms with Crippen LogP contribution >= 0.6 is 12.2 Å². The number of nitrogens with one attached hydrogen (secondary N) is 1. The van der Waals surface area contributed by atoms with Gasteiger partial charge in [-0.1, -0.05) is 12.2 Å². The zero-order chi connectivity index (χ0) is 13.2. The molecule has 0 atom stereocenters. The van der Waals surface area contributed by atoms with Crippen molar-refractivity contribution in [1.29, 1.82) is 0 Å². The van der Waals surface area contributed by atoms with Crippen molar-refractivity contribution >= 4 is 23.1 Å². The Kier molecular flexibility index (Phi) is 3.87. The Morgan fingerprint density at radius 3 is 2.65 bits per heavy atom. The molecule has 17 heavy (non-hydrogen) atoms. The molecule has 6 heteroatoms. The van der Waals surface area contributed by atoms with Gasteiger partial charge in [0.25, 0.3) is 0 Å². The lowest BCUT2D eigenvalue weighted by Crippen LogP contribution is -2.44. The molecule has 0 aliphatic carbocycles. The minimum atomic E-state index is -0.828. The van der Waals surface area contributed by atoms with Crippen LogP contribution in [-0.4, -0.2) is 20.7 Å². The molecule has 1 heterocycles. The van der Waals surface area contributed by atoms with Crippen LogP contribution in [0.2, 0.25) is 0 Å². The number of hydrogen-bond acceptors (Lipinski definition) is 3. The summed E-state index contributed by atoms with van der Waals surface area (Å²) in [6.07, 6.45) is 1.88. The molecule has 1 aromatic rings. The highest BCUT2D eigenvalue weighted by Gasteiger charge is 2.30. The second-order valence-electron chi connectivity index (χ2n) is 4.59. The molecule has 1 aromatic heterocycles. The van der Waals surface area contributed by atoms with Crippen molar-refractivity contribution in [1.82, 2.24) is 15.1 Å². The molecule has 1 rings (SSSR count). The van der Waals surface area contributed by atoms with Gasteiger partial charge in [-0.05, 0) is 20.8 Å². The fourth-order valence-corrected chi connectivity index (χ4v) is 1.42. The van der Waals surface area contributed by atoms with Gasteiger partial charge in [-0.3, -0.25) is 9.48 Å². The largest absolute Gasteiger partial charge is 0.392 e. The van der Waals surface area contributed by atoms with Gasteiger partial charge < -0.3 is 11.1 Å². The smallest absolute Gasteiger partial charge is 0.232 e. The molecule has 0 aliphatic rings. The normalized spacial score (nSPS) is 11.3. The van der Waals surface area contributed by atoms with E-state index in [2.05, 4.69) is 10.4 Å². The number of hydrogen-bond donors (Lipinski definition) is 2. The Labute approximate surface area is 106 Å². The van der Waals surface area contributed by atoms with Gasteiger partial charge in [0.1, 0.15) is 0 Å². The summed E-state index contributed by atoms with van der Waals surface area (Å²) in [5.74, 6) is -0.173. The van der Waals surface area contributed by atoms with Crippen LogP contribution in [0.3, 0.4) is 0 Å². The molecule has 0 saturated heterocycles. The highest BCUT2D eigenvalue weighted by molar-refractivity contribution is 7.80. The molecule has 0 radical (unpaired) electrons. The Bertz CT molecular complexity index is 450. The van der Waals surface area contributed by atoms with Gasteiger partial charge in [0, 0.05) is 25.4 Å². The van der Waals surface area contributed by atoms with Crippen molar-refractivity contribution in [3.63, 3.8) is 0 Å². The summed E-state index contributed by atoms with van der Waals surface area (Å²) in [5, 5.41) is 7.02. The van der Waals surface area contributed by atoms with E-state index in [1.807, 2.05) is 20.2 Å². The van der Waals surface area contributed by atoms with Crippen LogP contribution in [0, 0.1) is 12.3 Å². The van der Waals surface area contributed by atoms with Crippen molar-refractivity contribution in [3.05, 3.63) is 17.5 Å². The topological polar surface area (TPSA) is 72.9 Å². The molecule has 0 bridgehead atoms. The first-order valence-electron chi connectivity index (χ1n) is 5.32. The number of nitrogens with zero attached hydrogens (tertiary/aromatic N) is 2. The molecule has 0 saturated carbocycles. The summed E-state index contributed by atoms with van der Waals surface area (Å²) >= 11 is 4.87. The average Bonchev–Trinajstić information content (AvgIpc) is 2.53. The molecule has 3 N–H and O–H groups in total. The molecule has 1 amide bonds. The monoisotopic (exact) mass is 254 g/mol. The van der Waals surface area contributed by atoms with Crippen molar-refractivity contribution < 1.29 is 4.79 Å². The summed E-state index contributed by atoms with van der Waals surface area (Å²) < 4.78 is 1.72. The highest BCUT2D eigenvalue weighted by atomic mass is 32.1. The number of rotatable bonds is 4. The average molecular weight is 254 g/mol. The maximum Gasteiger partial charge on any atom is 0.232 e. The molecule has 0 spiro atoms. The van der Waals surface area contributed by atoms with Crippen molar-refractivity contribution in [3.8, 4) is 0 Å². The van der Waals surface area contributed by atoms with E-state index in [9.17, 15) is 4.79 Å². The van der Waals surface area contributed by atoms with Crippen LogP contribution in [0.25, 0.3) is 0 Å². The third kappa shape index (κ3) is 3.03. The Morgan fingerprint density at radius 2 is 2.24 bits per heavy atom. The van der Waals surface area contributed by atoms with Crippen LogP contribution in [-0.2, 0) is 18.4 Å². The van der Waals surface area contributed by atoms with Gasteiger partial charge in [0.2, 0.25) is 5.91 Å². The number of amides is 1. The van der Waals surface area contributed by atoms with Crippen LogP contribution < -0.4 is 11.1 Å². The minimum absolute atomic E-state index is 0.173. The van der Waals surface area contributed by atoms with E-state index < -0.39 is 5.41 Å². The van der Waals surface area contributed by atoms with Gasteiger partial charge >= 0.3 is 0 Å². The summed E-state index contributed by atoms with van der Waals surface area (Å²) in [6.45, 7) is 5.76. The fraction of sp³-hybridized carbons (Fsp3) is 0.545. The third-order valence-corrected chi connectivity index (χ3v) is 3.25.